The maximum atomic E-state index is 12.3. The zero-order chi connectivity index (χ0) is 18.5. The van der Waals surface area contributed by atoms with Gasteiger partial charge in [-0.3, -0.25) is 9.59 Å². The Labute approximate surface area is 181 Å². The number of halogens is 3. The minimum Gasteiger partial charge on any atom is -0.467 e. The molecule has 2 aromatic rings. The van der Waals surface area contributed by atoms with E-state index in [1.807, 2.05) is 24.3 Å². The monoisotopic (exact) mass is 448 g/mol. The molecule has 1 aliphatic rings. The van der Waals surface area contributed by atoms with Crippen molar-refractivity contribution in [1.82, 2.24) is 10.2 Å². The quantitative estimate of drug-likeness (QED) is 0.731. The minimum absolute atomic E-state index is 0. The van der Waals surface area contributed by atoms with Gasteiger partial charge < -0.3 is 25.3 Å². The highest BCUT2D eigenvalue weighted by Crippen LogP contribution is 2.20. The smallest absolute Gasteiger partial charge is 0.254 e. The van der Waals surface area contributed by atoms with Crippen LogP contribution in [0, 0.1) is 0 Å². The second-order valence-electron chi connectivity index (χ2n) is 6.04. The first-order valence-corrected chi connectivity index (χ1v) is 8.78. The number of nitrogens with two attached hydrogens (primary N) is 1. The summed E-state index contributed by atoms with van der Waals surface area (Å²) in [7, 11) is 0. The second-order valence-corrected chi connectivity index (χ2v) is 6.47. The highest BCUT2D eigenvalue weighted by molar-refractivity contribution is 6.30. The molecule has 0 radical (unpaired) electrons. The van der Waals surface area contributed by atoms with Crippen LogP contribution in [0.3, 0.4) is 0 Å². The number of nitrogens with one attached hydrogen (secondary N) is 1. The Kier molecular flexibility index (Phi) is 9.61. The number of furan rings is 1. The lowest BCUT2D eigenvalue weighted by atomic mass is 10.2. The van der Waals surface area contributed by atoms with E-state index in [9.17, 15) is 9.59 Å². The third-order valence-corrected chi connectivity index (χ3v) is 4.56. The first kappa shape index (κ1) is 24.1. The van der Waals surface area contributed by atoms with Crippen LogP contribution in [0.25, 0.3) is 0 Å². The number of carbonyl (C=O) groups is 2. The number of amides is 2. The van der Waals surface area contributed by atoms with Crippen molar-refractivity contribution in [2.75, 3.05) is 37.6 Å². The summed E-state index contributed by atoms with van der Waals surface area (Å²) in [4.78, 5) is 28.3. The number of anilines is 1. The lowest BCUT2D eigenvalue weighted by Gasteiger charge is -2.36. The Balaban J connectivity index is 0.00000196. The van der Waals surface area contributed by atoms with Crippen molar-refractivity contribution in [2.45, 2.75) is 6.54 Å². The van der Waals surface area contributed by atoms with Crippen molar-refractivity contribution in [3.8, 4) is 0 Å². The van der Waals surface area contributed by atoms with Crippen molar-refractivity contribution in [2.24, 2.45) is 5.73 Å². The predicted octanol–water partition coefficient (Wildman–Crippen LogP) is 2.31. The van der Waals surface area contributed by atoms with E-state index in [4.69, 9.17) is 21.8 Å². The molecule has 10 heteroatoms. The van der Waals surface area contributed by atoms with Crippen molar-refractivity contribution < 1.29 is 14.0 Å². The van der Waals surface area contributed by atoms with Gasteiger partial charge in [0.15, 0.2) is 0 Å². The molecule has 1 aromatic carbocycles. The van der Waals surface area contributed by atoms with Gasteiger partial charge in [-0.2, -0.15) is 0 Å². The van der Waals surface area contributed by atoms with Crippen LogP contribution in [0.1, 0.15) is 16.1 Å². The van der Waals surface area contributed by atoms with E-state index in [-0.39, 0.29) is 49.7 Å². The number of rotatable bonds is 5. The van der Waals surface area contributed by atoms with Gasteiger partial charge in [-0.05, 0) is 24.3 Å². The summed E-state index contributed by atoms with van der Waals surface area (Å²) >= 11 is 6.03. The average Bonchev–Trinajstić information content (AvgIpc) is 3.15. The molecule has 0 bridgehead atoms. The molecule has 154 valence electrons. The molecule has 0 atom stereocenters. The summed E-state index contributed by atoms with van der Waals surface area (Å²) in [5.74, 6) is 0.0737. The van der Waals surface area contributed by atoms with E-state index < -0.39 is 0 Å². The Hall–Kier alpha value is -1.93. The van der Waals surface area contributed by atoms with Gasteiger partial charge in [-0.1, -0.05) is 17.7 Å². The van der Waals surface area contributed by atoms with Crippen molar-refractivity contribution in [3.63, 3.8) is 0 Å². The standard InChI is InChI=1S/C18H21ClN4O3.2ClH/c19-14-2-1-3-15(9-14)22-4-6-23(7-5-22)17(24)11-21-18(25)13-8-16(10-20)26-12-13;;/h1-3,8-9,12H,4-7,10-11,20H2,(H,21,25);2*1H. The fraction of sp³-hybridized carbons (Fsp3) is 0.333. The molecule has 0 aliphatic carbocycles. The predicted molar refractivity (Wildman–Crippen MR) is 114 cm³/mol. The normalized spacial score (nSPS) is 13.4. The van der Waals surface area contributed by atoms with Crippen LogP contribution in [0.2, 0.25) is 5.02 Å². The molecule has 2 amide bonds. The molecule has 7 nitrogen and oxygen atoms in total. The van der Waals surface area contributed by atoms with Gasteiger partial charge in [0.2, 0.25) is 5.91 Å². The molecule has 0 unspecified atom stereocenters. The largest absolute Gasteiger partial charge is 0.467 e. The lowest BCUT2D eigenvalue weighted by Crippen LogP contribution is -2.51. The van der Waals surface area contributed by atoms with Crippen LogP contribution in [-0.4, -0.2) is 49.4 Å². The maximum absolute atomic E-state index is 12.3. The molecule has 1 aliphatic heterocycles. The summed E-state index contributed by atoms with van der Waals surface area (Å²) in [6, 6.07) is 9.24. The fourth-order valence-corrected chi connectivity index (χ4v) is 3.05. The summed E-state index contributed by atoms with van der Waals surface area (Å²) in [5.41, 5.74) is 6.86. The number of piperazine rings is 1. The number of hydrogen-bond donors (Lipinski definition) is 2. The van der Waals surface area contributed by atoms with E-state index in [1.54, 1.807) is 11.0 Å². The highest BCUT2D eigenvalue weighted by atomic mass is 35.5. The van der Waals surface area contributed by atoms with Crippen LogP contribution in [0.4, 0.5) is 5.69 Å². The zero-order valence-electron chi connectivity index (χ0n) is 15.1. The second kappa shape index (κ2) is 11.2. The molecule has 28 heavy (non-hydrogen) atoms. The van der Waals surface area contributed by atoms with E-state index in [0.29, 0.717) is 29.4 Å². The number of nitrogens with zero attached hydrogens (tertiary/aromatic N) is 2. The Morgan fingerprint density at radius 3 is 2.46 bits per heavy atom. The molecule has 3 rings (SSSR count). The van der Waals surface area contributed by atoms with E-state index in [1.165, 1.54) is 6.26 Å². The Bertz CT molecular complexity index is 792. The number of carbonyl (C=O) groups excluding carboxylic acids is 2. The third kappa shape index (κ3) is 6.04. The van der Waals surface area contributed by atoms with Gasteiger partial charge in [0, 0.05) is 36.9 Å². The first-order valence-electron chi connectivity index (χ1n) is 8.41. The maximum Gasteiger partial charge on any atom is 0.254 e. The summed E-state index contributed by atoms with van der Waals surface area (Å²) < 4.78 is 5.12. The van der Waals surface area contributed by atoms with E-state index >= 15 is 0 Å². The van der Waals surface area contributed by atoms with Gasteiger partial charge >= 0.3 is 0 Å². The molecular weight excluding hydrogens is 427 g/mol. The van der Waals surface area contributed by atoms with Gasteiger partial charge in [-0.25, -0.2) is 0 Å². The van der Waals surface area contributed by atoms with Gasteiger partial charge in [0.05, 0.1) is 18.7 Å². The topological polar surface area (TPSA) is 91.8 Å². The molecule has 1 fully saturated rings. The highest BCUT2D eigenvalue weighted by Gasteiger charge is 2.22. The Morgan fingerprint density at radius 1 is 1.14 bits per heavy atom. The summed E-state index contributed by atoms with van der Waals surface area (Å²) in [6.45, 7) is 2.83. The lowest BCUT2D eigenvalue weighted by molar-refractivity contribution is -0.130. The number of hydrogen-bond acceptors (Lipinski definition) is 5. The molecule has 2 heterocycles. The number of benzene rings is 1. The van der Waals surface area contributed by atoms with E-state index in [0.717, 1.165) is 18.8 Å². The molecule has 3 N–H and O–H groups in total. The minimum atomic E-state index is -0.348. The summed E-state index contributed by atoms with van der Waals surface area (Å²) in [5, 5.41) is 3.32. The van der Waals surface area contributed by atoms with Crippen molar-refractivity contribution in [1.29, 1.82) is 0 Å². The van der Waals surface area contributed by atoms with Crippen molar-refractivity contribution >= 4 is 53.9 Å². The molecule has 0 saturated carbocycles. The van der Waals surface area contributed by atoms with Gasteiger partial charge in [-0.15, -0.1) is 24.8 Å². The average molecular weight is 450 g/mol. The first-order chi connectivity index (χ1) is 12.6. The summed E-state index contributed by atoms with van der Waals surface area (Å²) in [6.07, 6.45) is 1.34. The molecule has 1 saturated heterocycles. The van der Waals surface area contributed by atoms with Gasteiger partial charge in [0.25, 0.3) is 5.91 Å². The fourth-order valence-electron chi connectivity index (χ4n) is 2.86. The van der Waals surface area contributed by atoms with Crippen LogP contribution in [0.15, 0.2) is 41.0 Å². The molecule has 1 aromatic heterocycles. The zero-order valence-corrected chi connectivity index (χ0v) is 17.5. The van der Waals surface area contributed by atoms with Crippen LogP contribution in [0.5, 0.6) is 0 Å². The third-order valence-electron chi connectivity index (χ3n) is 4.32. The van der Waals surface area contributed by atoms with Crippen LogP contribution in [-0.2, 0) is 11.3 Å². The van der Waals surface area contributed by atoms with Gasteiger partial charge in [0.1, 0.15) is 12.0 Å². The molecular formula is C18H23Cl3N4O3. The van der Waals surface area contributed by atoms with Crippen LogP contribution < -0.4 is 16.0 Å². The SMILES string of the molecule is Cl.Cl.NCc1cc(C(=O)NCC(=O)N2CCN(c3cccc(Cl)c3)CC2)co1. The Morgan fingerprint density at radius 2 is 1.86 bits per heavy atom. The van der Waals surface area contributed by atoms with Crippen molar-refractivity contribution in [3.05, 3.63) is 52.9 Å². The van der Waals surface area contributed by atoms with E-state index in [2.05, 4.69) is 10.2 Å². The van der Waals surface area contributed by atoms with Crippen LogP contribution >= 0.6 is 36.4 Å². The molecule has 0 spiro atoms.